The van der Waals surface area contributed by atoms with Crippen molar-refractivity contribution in [2.24, 2.45) is 5.92 Å². The van der Waals surface area contributed by atoms with Crippen LogP contribution in [0.25, 0.3) is 0 Å². The molecule has 4 atom stereocenters. The van der Waals surface area contributed by atoms with Gasteiger partial charge in [-0.05, 0) is 92.1 Å². The molecule has 0 radical (unpaired) electrons. The number of rotatable bonds is 8. The maximum Gasteiger partial charge on any atom is 0.324 e. The van der Waals surface area contributed by atoms with Crippen molar-refractivity contribution in [3.8, 4) is 17.6 Å². The van der Waals surface area contributed by atoms with Crippen LogP contribution in [-0.2, 0) is 6.54 Å². The number of carbonyl (C=O) groups is 2. The number of ether oxygens (including phenoxy) is 1. The van der Waals surface area contributed by atoms with E-state index < -0.39 is 0 Å². The zero-order valence-electron chi connectivity index (χ0n) is 27.8. The van der Waals surface area contributed by atoms with Crippen LogP contribution in [0, 0.1) is 17.2 Å². The predicted molar refractivity (Wildman–Crippen MR) is 183 cm³/mol. The second kappa shape index (κ2) is 14.5. The first kappa shape index (κ1) is 32.4. The van der Waals surface area contributed by atoms with Crippen molar-refractivity contribution in [2.45, 2.75) is 63.7 Å². The second-order valence-corrected chi connectivity index (χ2v) is 13.5. The van der Waals surface area contributed by atoms with Gasteiger partial charge in [-0.2, -0.15) is 5.26 Å². The van der Waals surface area contributed by atoms with Crippen molar-refractivity contribution in [1.29, 1.82) is 5.26 Å². The van der Waals surface area contributed by atoms with Crippen LogP contribution in [-0.4, -0.2) is 90.1 Å². The molecule has 2 saturated heterocycles. The Morgan fingerprint density at radius 3 is 2.30 bits per heavy atom. The van der Waals surface area contributed by atoms with E-state index in [-0.39, 0.29) is 24.1 Å². The van der Waals surface area contributed by atoms with Gasteiger partial charge in [0, 0.05) is 58.0 Å². The highest BCUT2D eigenvalue weighted by Crippen LogP contribution is 2.32. The summed E-state index contributed by atoms with van der Waals surface area (Å²) >= 11 is 0. The molecule has 2 aliphatic heterocycles. The van der Waals surface area contributed by atoms with E-state index in [9.17, 15) is 14.9 Å². The minimum atomic E-state index is -0.158. The highest BCUT2D eigenvalue weighted by atomic mass is 16.5. The zero-order chi connectivity index (χ0) is 32.9. The van der Waals surface area contributed by atoms with Crippen LogP contribution in [0.3, 0.4) is 0 Å². The van der Waals surface area contributed by atoms with Gasteiger partial charge in [-0.15, -0.1) is 0 Å². The number of likely N-dealkylation sites (tertiary alicyclic amines) is 2. The Bertz CT molecular complexity index is 1570. The van der Waals surface area contributed by atoms with Gasteiger partial charge in [-0.1, -0.05) is 37.3 Å². The van der Waals surface area contributed by atoms with Crippen molar-refractivity contribution in [3.63, 3.8) is 0 Å². The van der Waals surface area contributed by atoms with E-state index in [4.69, 9.17) is 4.74 Å². The molecule has 47 heavy (non-hydrogen) atoms. The summed E-state index contributed by atoms with van der Waals surface area (Å²) in [5.74, 6) is 2.21. The van der Waals surface area contributed by atoms with Crippen molar-refractivity contribution >= 4 is 17.7 Å². The first-order valence-electron chi connectivity index (χ1n) is 16.9. The van der Waals surface area contributed by atoms with Gasteiger partial charge in [0.25, 0.3) is 0 Å². The normalized spacial score (nSPS) is 22.6. The molecule has 1 saturated carbocycles. The van der Waals surface area contributed by atoms with E-state index in [2.05, 4.69) is 17.9 Å². The summed E-state index contributed by atoms with van der Waals surface area (Å²) in [6, 6.07) is 27.3. The van der Waals surface area contributed by atoms with Gasteiger partial charge in [0.1, 0.15) is 11.5 Å². The summed E-state index contributed by atoms with van der Waals surface area (Å²) in [5, 5.41) is 9.47. The fraction of sp³-hybridized carbons (Fsp3) is 0.447. The molecule has 0 aromatic heterocycles. The Hall–Kier alpha value is -4.55. The van der Waals surface area contributed by atoms with E-state index in [0.717, 1.165) is 48.8 Å². The van der Waals surface area contributed by atoms with Crippen molar-refractivity contribution < 1.29 is 14.3 Å². The molecule has 3 aromatic rings. The molecule has 0 bridgehead atoms. The number of benzene rings is 3. The fourth-order valence-electron chi connectivity index (χ4n) is 7.39. The summed E-state index contributed by atoms with van der Waals surface area (Å²) in [6.45, 7) is 5.78. The van der Waals surface area contributed by atoms with E-state index in [0.29, 0.717) is 37.0 Å². The molecule has 246 valence electrons. The maximum atomic E-state index is 14.2. The number of hydrogen-bond donors (Lipinski definition) is 0. The van der Waals surface area contributed by atoms with Crippen LogP contribution in [0.2, 0.25) is 0 Å². The fourth-order valence-corrected chi connectivity index (χ4v) is 7.39. The summed E-state index contributed by atoms with van der Waals surface area (Å²) in [6.07, 6.45) is 5.58. The summed E-state index contributed by atoms with van der Waals surface area (Å²) in [5.41, 5.74) is 2.13. The lowest BCUT2D eigenvalue weighted by atomic mass is 10.1. The van der Waals surface area contributed by atoms with Crippen LogP contribution in [0.5, 0.6) is 11.5 Å². The van der Waals surface area contributed by atoms with Gasteiger partial charge in [-0.25, -0.2) is 9.59 Å². The van der Waals surface area contributed by atoms with Crippen LogP contribution in [0.1, 0.15) is 50.2 Å². The van der Waals surface area contributed by atoms with Gasteiger partial charge < -0.3 is 19.4 Å². The molecule has 3 aromatic carbocycles. The molecule has 0 spiro atoms. The van der Waals surface area contributed by atoms with E-state index in [1.807, 2.05) is 96.7 Å². The number of hydrogen-bond acceptors (Lipinski definition) is 5. The third-order valence-electron chi connectivity index (χ3n) is 10.3. The molecule has 9 heteroatoms. The quantitative estimate of drug-likeness (QED) is 0.272. The van der Waals surface area contributed by atoms with Gasteiger partial charge in [0.15, 0.2) is 0 Å². The predicted octanol–water partition coefficient (Wildman–Crippen LogP) is 6.80. The lowest BCUT2D eigenvalue weighted by molar-refractivity contribution is 0.147. The highest BCUT2D eigenvalue weighted by molar-refractivity contribution is 5.92. The lowest BCUT2D eigenvalue weighted by Gasteiger charge is -2.33. The summed E-state index contributed by atoms with van der Waals surface area (Å²) in [4.78, 5) is 37.8. The minimum absolute atomic E-state index is 0.0548. The van der Waals surface area contributed by atoms with Crippen molar-refractivity contribution in [2.75, 3.05) is 45.2 Å². The Labute approximate surface area is 278 Å². The molecule has 3 aliphatic rings. The third-order valence-corrected chi connectivity index (χ3v) is 10.3. The average molecular weight is 635 g/mol. The Kier molecular flexibility index (Phi) is 9.98. The molecular weight excluding hydrogens is 588 g/mol. The Morgan fingerprint density at radius 2 is 1.57 bits per heavy atom. The second-order valence-electron chi connectivity index (χ2n) is 13.5. The van der Waals surface area contributed by atoms with Crippen LogP contribution in [0.15, 0.2) is 78.9 Å². The van der Waals surface area contributed by atoms with Crippen molar-refractivity contribution in [3.05, 3.63) is 90.0 Å². The van der Waals surface area contributed by atoms with E-state index in [1.54, 1.807) is 15.9 Å². The van der Waals surface area contributed by atoms with E-state index >= 15 is 0 Å². The van der Waals surface area contributed by atoms with Gasteiger partial charge in [0.2, 0.25) is 0 Å². The molecule has 4 amide bonds. The number of anilines is 1. The first-order chi connectivity index (χ1) is 22.8. The average Bonchev–Trinajstić information content (AvgIpc) is 3.89. The van der Waals surface area contributed by atoms with Crippen LogP contribution in [0.4, 0.5) is 15.3 Å². The highest BCUT2D eigenvalue weighted by Gasteiger charge is 2.38. The number of likely N-dealkylation sites (N-methyl/N-ethyl adjacent to an activating group) is 2. The first-order valence-corrected chi connectivity index (χ1v) is 16.9. The molecule has 3 fully saturated rings. The molecule has 1 aliphatic carbocycles. The van der Waals surface area contributed by atoms with Crippen LogP contribution >= 0.6 is 0 Å². The Balaban J connectivity index is 1.12. The number of nitriles is 1. The minimum Gasteiger partial charge on any atom is -0.457 e. The van der Waals surface area contributed by atoms with Gasteiger partial charge >= 0.3 is 12.1 Å². The SMILES string of the molecule is CC1CCC(N2CC[C@@H](N(C)C(=O)N3CC[C@H](N(C)C(=O)N(Cc4cccc(C#N)c4)c4ccc(Oc5ccccc5)cc4)C3)C2)C1. The number of amides is 4. The lowest BCUT2D eigenvalue weighted by Crippen LogP contribution is -2.49. The van der Waals surface area contributed by atoms with Crippen LogP contribution < -0.4 is 9.64 Å². The molecule has 2 heterocycles. The molecule has 2 unspecified atom stereocenters. The number of para-hydroxylation sites is 1. The molecular formula is C38H46N6O3. The molecule has 9 nitrogen and oxygen atoms in total. The van der Waals surface area contributed by atoms with Crippen molar-refractivity contribution in [1.82, 2.24) is 19.6 Å². The largest absolute Gasteiger partial charge is 0.457 e. The molecule has 6 rings (SSSR count). The Morgan fingerprint density at radius 1 is 0.851 bits per heavy atom. The third kappa shape index (κ3) is 7.55. The van der Waals surface area contributed by atoms with E-state index in [1.165, 1.54) is 19.3 Å². The number of nitrogens with zero attached hydrogens (tertiary/aromatic N) is 6. The smallest absolute Gasteiger partial charge is 0.324 e. The number of urea groups is 2. The maximum absolute atomic E-state index is 14.2. The summed E-state index contributed by atoms with van der Waals surface area (Å²) < 4.78 is 5.98. The zero-order valence-corrected chi connectivity index (χ0v) is 27.8. The topological polar surface area (TPSA) is 83.4 Å². The van der Waals surface area contributed by atoms with Gasteiger partial charge in [0.05, 0.1) is 24.2 Å². The number of carbonyl (C=O) groups excluding carboxylic acids is 2. The van der Waals surface area contributed by atoms with Gasteiger partial charge in [-0.3, -0.25) is 9.80 Å². The molecule has 0 N–H and O–H groups in total. The summed E-state index contributed by atoms with van der Waals surface area (Å²) in [7, 11) is 3.77. The standard InChI is InChI=1S/C38H46N6O3/c1-28-12-13-32(22-28)42-20-18-33(26-42)40(2)37(45)43-21-19-34(27-43)41(3)38(46)44(25-30-9-7-8-29(23-30)24-39)31-14-16-36(17-15-31)47-35-10-5-4-6-11-35/h4-11,14-17,23,28,32-34H,12-13,18-22,25-27H2,1-3H3/t28?,32?,33-,34+/m1/s1. The monoisotopic (exact) mass is 634 g/mol.